The lowest BCUT2D eigenvalue weighted by molar-refractivity contribution is -0.137. The minimum atomic E-state index is -0.864. The Labute approximate surface area is 151 Å². The summed E-state index contributed by atoms with van der Waals surface area (Å²) in [6.45, 7) is 5.75. The molecule has 2 N–H and O–H groups in total. The van der Waals surface area contributed by atoms with Gasteiger partial charge in [0.05, 0.1) is 5.60 Å². The number of unbranched alkanes of at least 4 members (excludes halogenated alkanes) is 3. The highest BCUT2D eigenvalue weighted by molar-refractivity contribution is 5.94. The topological polar surface area (TPSA) is 74.6 Å². The Kier molecular flexibility index (Phi) is 9.43. The van der Waals surface area contributed by atoms with Gasteiger partial charge in [-0.05, 0) is 31.8 Å². The minimum absolute atomic E-state index is 0.0151. The van der Waals surface area contributed by atoms with E-state index in [-0.39, 0.29) is 24.0 Å². The fraction of sp³-hybridized carbons (Fsp3) is 0.619. The van der Waals surface area contributed by atoms with Gasteiger partial charge in [-0.15, -0.1) is 6.58 Å². The van der Waals surface area contributed by atoms with Crippen molar-refractivity contribution in [2.75, 3.05) is 0 Å². The number of hydrogen-bond acceptors (Lipinski definition) is 3. The van der Waals surface area contributed by atoms with Crippen molar-refractivity contribution in [2.24, 2.45) is 11.8 Å². The largest absolute Gasteiger partial charge is 0.481 e. The van der Waals surface area contributed by atoms with E-state index in [0.717, 1.165) is 32.1 Å². The van der Waals surface area contributed by atoms with Crippen LogP contribution in [0.3, 0.4) is 0 Å². The summed E-state index contributed by atoms with van der Waals surface area (Å²) in [7, 11) is 0. The lowest BCUT2D eigenvalue weighted by Crippen LogP contribution is -2.24. The lowest BCUT2D eigenvalue weighted by Gasteiger charge is -2.22. The highest BCUT2D eigenvalue weighted by atomic mass is 16.4. The zero-order chi connectivity index (χ0) is 18.7. The van der Waals surface area contributed by atoms with Gasteiger partial charge in [0.15, 0.2) is 5.78 Å². The van der Waals surface area contributed by atoms with Crippen LogP contribution in [0.5, 0.6) is 0 Å². The molecule has 1 unspecified atom stereocenters. The molecule has 1 rings (SSSR count). The third kappa shape index (κ3) is 7.82. The molecule has 3 atom stereocenters. The zero-order valence-electron chi connectivity index (χ0n) is 15.3. The number of aliphatic carboxylic acids is 1. The number of hydrogen-bond donors (Lipinski definition) is 2. The summed E-state index contributed by atoms with van der Waals surface area (Å²) in [5.41, 5.74) is -0.864. The van der Waals surface area contributed by atoms with Gasteiger partial charge in [0.2, 0.25) is 0 Å². The van der Waals surface area contributed by atoms with Crippen LogP contribution in [0, 0.1) is 11.8 Å². The maximum absolute atomic E-state index is 12.0. The second kappa shape index (κ2) is 11.0. The molecule has 1 aliphatic carbocycles. The van der Waals surface area contributed by atoms with Gasteiger partial charge in [-0.25, -0.2) is 0 Å². The molecule has 0 aromatic heterocycles. The molecular weight excluding hydrogens is 316 g/mol. The lowest BCUT2D eigenvalue weighted by atomic mass is 9.87. The smallest absolute Gasteiger partial charge is 0.303 e. The standard InChI is InChI=1S/C21H32O4/c1-3-15-21(25,4-2)16-9-10-17-13-14-19(22)18(17)11-7-5-6-8-12-20(23)24/h4,9-10,13-14,17-18,25H,2-3,5-8,11-12,15-16H2,1H3,(H,23,24)/t17-,18+,21?/m0/s1. The molecule has 0 heterocycles. The molecule has 0 amide bonds. The maximum Gasteiger partial charge on any atom is 0.303 e. The summed E-state index contributed by atoms with van der Waals surface area (Å²) in [6.07, 6.45) is 15.8. The molecule has 0 aromatic carbocycles. The van der Waals surface area contributed by atoms with Gasteiger partial charge in [-0.1, -0.05) is 56.9 Å². The molecule has 1 aliphatic rings. The van der Waals surface area contributed by atoms with Crippen LogP contribution in [0.1, 0.15) is 64.7 Å². The summed E-state index contributed by atoms with van der Waals surface area (Å²) in [6, 6.07) is 0. The molecule has 4 heteroatoms. The number of carbonyl (C=O) groups excluding carboxylic acids is 1. The molecule has 0 aromatic rings. The van der Waals surface area contributed by atoms with Crippen molar-refractivity contribution >= 4 is 11.8 Å². The van der Waals surface area contributed by atoms with Crippen LogP contribution in [0.4, 0.5) is 0 Å². The van der Waals surface area contributed by atoms with Crippen LogP contribution in [0.2, 0.25) is 0 Å². The van der Waals surface area contributed by atoms with Gasteiger partial charge < -0.3 is 10.2 Å². The van der Waals surface area contributed by atoms with Crippen LogP contribution in [0.25, 0.3) is 0 Å². The van der Waals surface area contributed by atoms with Gasteiger partial charge in [0.1, 0.15) is 0 Å². The second-order valence-corrected chi connectivity index (χ2v) is 6.98. The van der Waals surface area contributed by atoms with Gasteiger partial charge in [0, 0.05) is 18.3 Å². The van der Waals surface area contributed by atoms with Crippen LogP contribution < -0.4 is 0 Å². The Morgan fingerprint density at radius 1 is 1.32 bits per heavy atom. The number of allylic oxidation sites excluding steroid dienone is 3. The first-order valence-electron chi connectivity index (χ1n) is 9.38. The molecule has 0 saturated heterocycles. The monoisotopic (exact) mass is 348 g/mol. The number of carboxylic acid groups (broad SMARTS) is 1. The fourth-order valence-corrected chi connectivity index (χ4v) is 3.33. The maximum atomic E-state index is 12.0. The van der Waals surface area contributed by atoms with Crippen molar-refractivity contribution in [3.8, 4) is 0 Å². The van der Waals surface area contributed by atoms with Crippen LogP contribution in [0.15, 0.2) is 37.0 Å². The second-order valence-electron chi connectivity index (χ2n) is 6.98. The van der Waals surface area contributed by atoms with Crippen LogP contribution in [-0.4, -0.2) is 27.6 Å². The number of carbonyl (C=O) groups is 2. The number of rotatable bonds is 13. The quantitative estimate of drug-likeness (QED) is 0.381. The Hall–Kier alpha value is -1.68. The van der Waals surface area contributed by atoms with E-state index < -0.39 is 11.6 Å². The van der Waals surface area contributed by atoms with Crippen molar-refractivity contribution in [2.45, 2.75) is 70.3 Å². The number of ketones is 1. The van der Waals surface area contributed by atoms with E-state index in [0.29, 0.717) is 19.3 Å². The summed E-state index contributed by atoms with van der Waals surface area (Å²) in [5, 5.41) is 19.0. The highest BCUT2D eigenvalue weighted by Crippen LogP contribution is 2.29. The van der Waals surface area contributed by atoms with Gasteiger partial charge in [-0.2, -0.15) is 0 Å². The Morgan fingerprint density at radius 2 is 2.04 bits per heavy atom. The third-order valence-corrected chi connectivity index (χ3v) is 4.86. The zero-order valence-corrected chi connectivity index (χ0v) is 15.3. The Balaban J connectivity index is 2.41. The van der Waals surface area contributed by atoms with E-state index in [9.17, 15) is 14.7 Å². The van der Waals surface area contributed by atoms with Crippen molar-refractivity contribution in [3.63, 3.8) is 0 Å². The van der Waals surface area contributed by atoms with E-state index in [1.165, 1.54) is 0 Å². The van der Waals surface area contributed by atoms with Gasteiger partial charge in [0.25, 0.3) is 0 Å². The number of aliphatic hydroxyl groups is 1. The first-order chi connectivity index (χ1) is 11.9. The number of carboxylic acids is 1. The van der Waals surface area contributed by atoms with Gasteiger partial charge in [-0.3, -0.25) is 9.59 Å². The molecule has 0 bridgehead atoms. The van der Waals surface area contributed by atoms with Gasteiger partial charge >= 0.3 is 5.97 Å². The first kappa shape index (κ1) is 21.4. The molecule has 0 spiro atoms. The van der Waals surface area contributed by atoms with E-state index in [4.69, 9.17) is 5.11 Å². The van der Waals surface area contributed by atoms with E-state index >= 15 is 0 Å². The van der Waals surface area contributed by atoms with E-state index in [2.05, 4.69) is 6.58 Å². The molecule has 140 valence electrons. The molecular formula is C21H32O4. The van der Waals surface area contributed by atoms with E-state index in [1.54, 1.807) is 12.2 Å². The summed E-state index contributed by atoms with van der Waals surface area (Å²) >= 11 is 0. The summed E-state index contributed by atoms with van der Waals surface area (Å²) in [5.74, 6) is -0.489. The summed E-state index contributed by atoms with van der Waals surface area (Å²) in [4.78, 5) is 22.5. The van der Waals surface area contributed by atoms with Crippen molar-refractivity contribution in [1.82, 2.24) is 0 Å². The molecule has 0 fully saturated rings. The van der Waals surface area contributed by atoms with Crippen molar-refractivity contribution < 1.29 is 19.8 Å². The SMILES string of the molecule is C=CC(O)(CC=C[C@H]1C=CC(=O)[C@@H]1CCCCCCC(=O)O)CCC. The average molecular weight is 348 g/mol. The predicted octanol–water partition coefficient (Wildman–Crippen LogP) is 4.45. The molecule has 25 heavy (non-hydrogen) atoms. The molecule has 4 nitrogen and oxygen atoms in total. The minimum Gasteiger partial charge on any atom is -0.481 e. The van der Waals surface area contributed by atoms with E-state index in [1.807, 2.05) is 25.2 Å². The normalized spacial score (nSPS) is 22.4. The van der Waals surface area contributed by atoms with Crippen LogP contribution >= 0.6 is 0 Å². The van der Waals surface area contributed by atoms with Crippen molar-refractivity contribution in [1.29, 1.82) is 0 Å². The Morgan fingerprint density at radius 3 is 2.68 bits per heavy atom. The van der Waals surface area contributed by atoms with Crippen LogP contribution in [-0.2, 0) is 9.59 Å². The first-order valence-corrected chi connectivity index (χ1v) is 9.38. The average Bonchev–Trinajstić information content (AvgIpc) is 2.91. The Bertz CT molecular complexity index is 506. The van der Waals surface area contributed by atoms with Crippen molar-refractivity contribution in [3.05, 3.63) is 37.0 Å². The summed E-state index contributed by atoms with van der Waals surface area (Å²) < 4.78 is 0. The third-order valence-electron chi connectivity index (χ3n) is 4.86. The predicted molar refractivity (Wildman–Crippen MR) is 100 cm³/mol. The highest BCUT2D eigenvalue weighted by Gasteiger charge is 2.28. The molecule has 0 radical (unpaired) electrons. The fourth-order valence-electron chi connectivity index (χ4n) is 3.33. The molecule has 0 aliphatic heterocycles. The molecule has 0 saturated carbocycles.